The van der Waals surface area contributed by atoms with Crippen molar-refractivity contribution in [2.75, 3.05) is 13.7 Å². The lowest BCUT2D eigenvalue weighted by Gasteiger charge is -2.12. The van der Waals surface area contributed by atoms with E-state index in [9.17, 15) is 9.59 Å². The molecule has 3 rings (SSSR count). The third-order valence-electron chi connectivity index (χ3n) is 4.45. The fraction of sp³-hybridized carbons (Fsp3) is 0.316. The van der Waals surface area contributed by atoms with Crippen LogP contribution < -0.4 is 15.8 Å². The fourth-order valence-corrected chi connectivity index (χ4v) is 2.91. The van der Waals surface area contributed by atoms with Gasteiger partial charge >= 0.3 is 5.97 Å². The maximum Gasteiger partial charge on any atom is 0.306 e. The highest BCUT2D eigenvalue weighted by atomic mass is 35.5. The Morgan fingerprint density at radius 1 is 1.28 bits per heavy atom. The molecule has 9 nitrogen and oxygen atoms in total. The Hall–Kier alpha value is -3.20. The van der Waals surface area contributed by atoms with Gasteiger partial charge in [0.05, 0.1) is 31.1 Å². The van der Waals surface area contributed by atoms with Crippen molar-refractivity contribution in [3.05, 3.63) is 42.2 Å². The number of nitrogen functional groups attached to an aromatic ring is 1. The van der Waals surface area contributed by atoms with Crippen molar-refractivity contribution in [3.63, 3.8) is 0 Å². The maximum atomic E-state index is 11.9. The normalized spacial score (nSPS) is 17.8. The van der Waals surface area contributed by atoms with Crippen LogP contribution in [0.25, 0.3) is 11.4 Å². The van der Waals surface area contributed by atoms with Gasteiger partial charge < -0.3 is 20.5 Å². The minimum Gasteiger partial charge on any atom is -0.491 e. The summed E-state index contributed by atoms with van der Waals surface area (Å²) in [6.45, 7) is 0.312. The number of amidine groups is 1. The first-order chi connectivity index (χ1) is 13.5. The van der Waals surface area contributed by atoms with E-state index in [4.69, 9.17) is 15.9 Å². The Bertz CT molecular complexity index is 873. The highest BCUT2D eigenvalue weighted by Gasteiger charge is 2.34. The SMILES string of the molecule is COC(=O)C[C@H]1C[C@H](COc2ccc(-c3ncc(C(=N)N)cn3)cc2)NC1=O.Cl. The molecule has 154 valence electrons. The van der Waals surface area contributed by atoms with Gasteiger partial charge in [-0.3, -0.25) is 15.0 Å². The molecule has 0 unspecified atom stereocenters. The number of rotatable bonds is 7. The molecule has 4 N–H and O–H groups in total. The quantitative estimate of drug-likeness (QED) is 0.349. The predicted octanol–water partition coefficient (Wildman–Crippen LogP) is 1.30. The van der Waals surface area contributed by atoms with E-state index < -0.39 is 5.97 Å². The van der Waals surface area contributed by atoms with E-state index in [0.29, 0.717) is 30.2 Å². The van der Waals surface area contributed by atoms with Gasteiger partial charge in [0, 0.05) is 18.0 Å². The van der Waals surface area contributed by atoms with Crippen molar-refractivity contribution in [3.8, 4) is 17.1 Å². The van der Waals surface area contributed by atoms with Crippen molar-refractivity contribution < 1.29 is 19.1 Å². The molecular weight excluding hydrogens is 398 g/mol. The molecule has 1 aromatic carbocycles. The molecule has 0 saturated carbocycles. The van der Waals surface area contributed by atoms with Gasteiger partial charge in [0.1, 0.15) is 18.2 Å². The average molecular weight is 420 g/mol. The highest BCUT2D eigenvalue weighted by molar-refractivity contribution is 5.94. The molecule has 1 amide bonds. The van der Waals surface area contributed by atoms with E-state index in [1.807, 2.05) is 12.1 Å². The number of ether oxygens (including phenoxy) is 2. The van der Waals surface area contributed by atoms with Crippen LogP contribution in [0.1, 0.15) is 18.4 Å². The number of carbonyl (C=O) groups excluding carboxylic acids is 2. The number of hydrogen-bond donors (Lipinski definition) is 3. The van der Waals surface area contributed by atoms with Crippen LogP contribution in [0.2, 0.25) is 0 Å². The maximum absolute atomic E-state index is 11.9. The molecule has 2 aromatic rings. The molecule has 1 aliphatic rings. The van der Waals surface area contributed by atoms with Crippen LogP contribution in [0.4, 0.5) is 0 Å². The summed E-state index contributed by atoms with van der Waals surface area (Å²) in [5.41, 5.74) is 6.66. The molecular formula is C19H22ClN5O4. The molecule has 29 heavy (non-hydrogen) atoms. The fourth-order valence-electron chi connectivity index (χ4n) is 2.91. The standard InChI is InChI=1S/C19H21N5O4.ClH/c1-27-16(25)7-12-6-14(24-19(12)26)10-28-15-4-2-11(3-5-15)18-22-8-13(9-23-18)17(20)21;/h2-5,8-9,12,14H,6-7,10H2,1H3,(H3,20,21)(H,24,26);1H/t12-,14-;/m1./s1. The molecule has 0 bridgehead atoms. The number of aromatic nitrogens is 2. The Morgan fingerprint density at radius 3 is 2.52 bits per heavy atom. The molecule has 2 atom stereocenters. The second kappa shape index (κ2) is 9.83. The molecule has 0 spiro atoms. The van der Waals surface area contributed by atoms with E-state index in [0.717, 1.165) is 5.56 Å². The molecule has 0 aliphatic carbocycles. The van der Waals surface area contributed by atoms with Crippen LogP contribution in [0.15, 0.2) is 36.7 Å². The van der Waals surface area contributed by atoms with Gasteiger partial charge in [-0.05, 0) is 30.7 Å². The van der Waals surface area contributed by atoms with Crippen LogP contribution in [-0.2, 0) is 14.3 Å². The summed E-state index contributed by atoms with van der Waals surface area (Å²) in [6.07, 6.45) is 3.61. The lowest BCUT2D eigenvalue weighted by atomic mass is 10.0. The first-order valence-electron chi connectivity index (χ1n) is 8.73. The zero-order chi connectivity index (χ0) is 20.1. The number of benzene rings is 1. The number of nitrogens with one attached hydrogen (secondary N) is 2. The number of halogens is 1. The summed E-state index contributed by atoms with van der Waals surface area (Å²) in [7, 11) is 1.31. The minimum atomic E-state index is -0.393. The molecule has 0 radical (unpaired) electrons. The molecule has 1 aliphatic heterocycles. The molecule has 10 heteroatoms. The second-order valence-electron chi connectivity index (χ2n) is 6.46. The number of carbonyl (C=O) groups is 2. The molecule has 2 heterocycles. The van der Waals surface area contributed by atoms with Crippen molar-refractivity contribution in [2.24, 2.45) is 11.7 Å². The third kappa shape index (κ3) is 5.64. The largest absolute Gasteiger partial charge is 0.491 e. The van der Waals surface area contributed by atoms with Crippen molar-refractivity contribution in [1.29, 1.82) is 5.41 Å². The second-order valence-corrected chi connectivity index (χ2v) is 6.46. The van der Waals surface area contributed by atoms with Crippen LogP contribution in [0.3, 0.4) is 0 Å². The van der Waals surface area contributed by atoms with Crippen molar-refractivity contribution >= 4 is 30.1 Å². The third-order valence-corrected chi connectivity index (χ3v) is 4.45. The van der Waals surface area contributed by atoms with Crippen LogP contribution >= 0.6 is 12.4 Å². The number of nitrogens with zero attached hydrogens (tertiary/aromatic N) is 2. The Labute approximate surface area is 173 Å². The number of amides is 1. The lowest BCUT2D eigenvalue weighted by Crippen LogP contribution is -2.31. The van der Waals surface area contributed by atoms with E-state index in [1.54, 1.807) is 12.1 Å². The first kappa shape index (κ1) is 22.1. The van der Waals surface area contributed by atoms with Gasteiger partial charge in [0.2, 0.25) is 5.91 Å². The minimum absolute atomic E-state index is 0. The highest BCUT2D eigenvalue weighted by Crippen LogP contribution is 2.22. The van der Waals surface area contributed by atoms with Crippen LogP contribution in [0, 0.1) is 11.3 Å². The summed E-state index contributed by atoms with van der Waals surface area (Å²) in [5.74, 6) is 0.165. The van der Waals surface area contributed by atoms with Crippen molar-refractivity contribution in [2.45, 2.75) is 18.9 Å². The van der Waals surface area contributed by atoms with Gasteiger partial charge in [0.15, 0.2) is 5.82 Å². The first-order valence-corrected chi connectivity index (χ1v) is 8.73. The Morgan fingerprint density at radius 2 is 1.93 bits per heavy atom. The number of methoxy groups -OCH3 is 1. The van der Waals surface area contributed by atoms with E-state index in [1.165, 1.54) is 19.5 Å². The van der Waals surface area contributed by atoms with Gasteiger partial charge in [-0.2, -0.15) is 0 Å². The summed E-state index contributed by atoms with van der Waals surface area (Å²) in [5, 5.41) is 10.2. The van der Waals surface area contributed by atoms with E-state index in [2.05, 4.69) is 20.0 Å². The number of esters is 1. The molecule has 1 fully saturated rings. The molecule has 1 saturated heterocycles. The zero-order valence-corrected chi connectivity index (χ0v) is 16.6. The summed E-state index contributed by atoms with van der Waals surface area (Å²) in [6, 6.07) is 7.08. The number of hydrogen-bond acceptors (Lipinski definition) is 7. The number of nitrogens with two attached hydrogens (primary N) is 1. The predicted molar refractivity (Wildman–Crippen MR) is 108 cm³/mol. The lowest BCUT2D eigenvalue weighted by molar-refractivity contribution is -0.143. The average Bonchev–Trinajstić information content (AvgIpc) is 3.06. The van der Waals surface area contributed by atoms with Gasteiger partial charge in [-0.1, -0.05) is 0 Å². The Kier molecular flexibility index (Phi) is 7.49. The van der Waals surface area contributed by atoms with Crippen LogP contribution in [0.5, 0.6) is 5.75 Å². The van der Waals surface area contributed by atoms with Gasteiger partial charge in [-0.15, -0.1) is 12.4 Å². The Balaban J connectivity index is 0.00000300. The van der Waals surface area contributed by atoms with E-state index in [-0.39, 0.29) is 42.5 Å². The summed E-state index contributed by atoms with van der Waals surface area (Å²) < 4.78 is 10.4. The van der Waals surface area contributed by atoms with Gasteiger partial charge in [-0.25, -0.2) is 9.97 Å². The summed E-state index contributed by atoms with van der Waals surface area (Å²) in [4.78, 5) is 31.6. The molecule has 1 aromatic heterocycles. The van der Waals surface area contributed by atoms with Crippen molar-refractivity contribution in [1.82, 2.24) is 15.3 Å². The topological polar surface area (TPSA) is 140 Å². The zero-order valence-electron chi connectivity index (χ0n) is 15.8. The van der Waals surface area contributed by atoms with Crippen LogP contribution in [-0.4, -0.2) is 47.4 Å². The van der Waals surface area contributed by atoms with Gasteiger partial charge in [0.25, 0.3) is 0 Å². The smallest absolute Gasteiger partial charge is 0.306 e. The van der Waals surface area contributed by atoms with E-state index >= 15 is 0 Å². The summed E-state index contributed by atoms with van der Waals surface area (Å²) >= 11 is 0. The monoisotopic (exact) mass is 419 g/mol.